The molecule has 0 aromatic heterocycles. The summed E-state index contributed by atoms with van der Waals surface area (Å²) in [6, 6.07) is 12.4. The summed E-state index contributed by atoms with van der Waals surface area (Å²) in [5.74, 6) is 0.714. The molecular formula is C18H20ClFO2. The minimum Gasteiger partial charge on any atom is -0.489 e. The van der Waals surface area contributed by atoms with E-state index in [-0.39, 0.29) is 12.4 Å². The van der Waals surface area contributed by atoms with Crippen LogP contribution in [0.1, 0.15) is 30.4 Å². The van der Waals surface area contributed by atoms with E-state index >= 15 is 0 Å². The number of methoxy groups -OCH3 is 1. The van der Waals surface area contributed by atoms with Crippen molar-refractivity contribution in [3.8, 4) is 5.75 Å². The summed E-state index contributed by atoms with van der Waals surface area (Å²) in [5, 5.41) is 0.378. The molecule has 2 aromatic carbocycles. The molecule has 0 aliphatic rings. The molecule has 2 aromatic rings. The van der Waals surface area contributed by atoms with Crippen LogP contribution >= 0.6 is 11.6 Å². The Kier molecular flexibility index (Phi) is 6.22. The van der Waals surface area contributed by atoms with Gasteiger partial charge in [0.2, 0.25) is 0 Å². The predicted octanol–water partition coefficient (Wildman–Crippen LogP) is 5.20. The number of hydrogen-bond acceptors (Lipinski definition) is 2. The first-order chi connectivity index (χ1) is 10.7. The van der Waals surface area contributed by atoms with Gasteiger partial charge in [-0.2, -0.15) is 0 Å². The minimum absolute atomic E-state index is 0.111. The fourth-order valence-corrected chi connectivity index (χ4v) is 2.53. The van der Waals surface area contributed by atoms with Gasteiger partial charge in [0, 0.05) is 18.6 Å². The van der Waals surface area contributed by atoms with Gasteiger partial charge in [0.1, 0.15) is 18.2 Å². The number of ether oxygens (including phenoxy) is 2. The van der Waals surface area contributed by atoms with Gasteiger partial charge in [-0.15, -0.1) is 0 Å². The Bertz CT molecular complexity index is 578. The summed E-state index contributed by atoms with van der Waals surface area (Å²) in [7, 11) is 1.71. The van der Waals surface area contributed by atoms with Crippen LogP contribution in [0, 0.1) is 5.82 Å². The van der Waals surface area contributed by atoms with Crippen LogP contribution in [0.3, 0.4) is 0 Å². The maximum Gasteiger partial charge on any atom is 0.131 e. The molecule has 2 rings (SSSR count). The maximum atomic E-state index is 13.7. The molecule has 118 valence electrons. The summed E-state index contributed by atoms with van der Waals surface area (Å²) in [5.41, 5.74) is 1.58. The fraction of sp³-hybridized carbons (Fsp3) is 0.333. The molecule has 0 unspecified atom stereocenters. The summed E-state index contributed by atoms with van der Waals surface area (Å²) < 4.78 is 24.5. The molecule has 0 aliphatic carbocycles. The van der Waals surface area contributed by atoms with Crippen molar-refractivity contribution >= 4 is 11.6 Å². The largest absolute Gasteiger partial charge is 0.489 e. The van der Waals surface area contributed by atoms with Crippen LogP contribution in [0.5, 0.6) is 5.75 Å². The second-order valence-electron chi connectivity index (χ2n) is 5.12. The smallest absolute Gasteiger partial charge is 0.131 e. The van der Waals surface area contributed by atoms with E-state index in [0.717, 1.165) is 6.42 Å². The van der Waals surface area contributed by atoms with Gasteiger partial charge in [-0.05, 0) is 36.2 Å². The van der Waals surface area contributed by atoms with E-state index in [4.69, 9.17) is 21.1 Å². The first kappa shape index (κ1) is 16.8. The topological polar surface area (TPSA) is 18.5 Å². The van der Waals surface area contributed by atoms with Gasteiger partial charge < -0.3 is 9.47 Å². The number of hydrogen-bond donors (Lipinski definition) is 0. The van der Waals surface area contributed by atoms with Crippen molar-refractivity contribution in [2.45, 2.75) is 25.9 Å². The van der Waals surface area contributed by atoms with Crippen LogP contribution in [0.25, 0.3) is 0 Å². The highest BCUT2D eigenvalue weighted by atomic mass is 35.5. The lowest BCUT2D eigenvalue weighted by molar-refractivity contribution is 0.177. The molecule has 0 saturated heterocycles. The van der Waals surface area contributed by atoms with E-state index in [2.05, 4.69) is 6.92 Å². The molecule has 22 heavy (non-hydrogen) atoms. The van der Waals surface area contributed by atoms with Crippen LogP contribution in [0.2, 0.25) is 5.02 Å². The molecule has 0 bridgehead atoms. The Morgan fingerprint density at radius 3 is 2.45 bits per heavy atom. The number of benzene rings is 2. The molecule has 1 atom stereocenters. The molecule has 0 aliphatic heterocycles. The Labute approximate surface area is 135 Å². The second-order valence-corrected chi connectivity index (χ2v) is 5.53. The average molecular weight is 323 g/mol. The minimum atomic E-state index is -0.352. The quantitative estimate of drug-likeness (QED) is 0.697. The van der Waals surface area contributed by atoms with E-state index in [1.54, 1.807) is 19.2 Å². The highest BCUT2D eigenvalue weighted by Crippen LogP contribution is 2.24. The number of halogens is 2. The monoisotopic (exact) mass is 322 g/mol. The summed E-state index contributed by atoms with van der Waals surface area (Å²) in [6.07, 6.45) is 1.01. The van der Waals surface area contributed by atoms with Crippen molar-refractivity contribution in [1.29, 1.82) is 0 Å². The van der Waals surface area contributed by atoms with Crippen LogP contribution < -0.4 is 4.74 Å². The molecule has 0 saturated carbocycles. The zero-order valence-electron chi connectivity index (χ0n) is 12.8. The molecule has 0 radical (unpaired) electrons. The van der Waals surface area contributed by atoms with E-state index in [1.807, 2.05) is 24.3 Å². The standard InChI is InChI=1S/C18H20ClFO2/c1-3-13(11-21-2)14-7-9-15(10-8-14)22-12-16-17(19)5-4-6-18(16)20/h4-10,13H,3,11-12H2,1-2H3/t13-/m1/s1. The molecule has 0 fully saturated rings. The third-order valence-electron chi connectivity index (χ3n) is 3.66. The number of rotatable bonds is 7. The normalized spacial score (nSPS) is 12.2. The van der Waals surface area contributed by atoms with Gasteiger partial charge in [-0.1, -0.05) is 36.7 Å². The fourth-order valence-electron chi connectivity index (χ4n) is 2.31. The van der Waals surface area contributed by atoms with Crippen LogP contribution in [0.15, 0.2) is 42.5 Å². The molecule has 0 spiro atoms. The van der Waals surface area contributed by atoms with Gasteiger partial charge in [0.25, 0.3) is 0 Å². The predicted molar refractivity (Wildman–Crippen MR) is 87.1 cm³/mol. The summed E-state index contributed by atoms with van der Waals surface area (Å²) in [4.78, 5) is 0. The van der Waals surface area contributed by atoms with Gasteiger partial charge in [0.15, 0.2) is 0 Å². The zero-order chi connectivity index (χ0) is 15.9. The highest BCUT2D eigenvalue weighted by molar-refractivity contribution is 6.31. The molecule has 0 N–H and O–H groups in total. The Morgan fingerprint density at radius 2 is 1.86 bits per heavy atom. The molecule has 0 amide bonds. The van der Waals surface area contributed by atoms with E-state index in [0.29, 0.717) is 28.9 Å². The third kappa shape index (κ3) is 4.21. The van der Waals surface area contributed by atoms with Crippen molar-refractivity contribution in [2.75, 3.05) is 13.7 Å². The third-order valence-corrected chi connectivity index (χ3v) is 4.01. The van der Waals surface area contributed by atoms with Crippen molar-refractivity contribution in [3.63, 3.8) is 0 Å². The SMILES string of the molecule is CC[C@H](COC)c1ccc(OCc2c(F)cccc2Cl)cc1. The van der Waals surface area contributed by atoms with Gasteiger partial charge >= 0.3 is 0 Å². The first-order valence-corrected chi connectivity index (χ1v) is 7.68. The van der Waals surface area contributed by atoms with Crippen molar-refractivity contribution in [3.05, 3.63) is 64.4 Å². The van der Waals surface area contributed by atoms with Crippen molar-refractivity contribution in [1.82, 2.24) is 0 Å². The summed E-state index contributed by atoms with van der Waals surface area (Å²) >= 11 is 5.98. The lowest BCUT2D eigenvalue weighted by atomic mass is 9.97. The lowest BCUT2D eigenvalue weighted by Gasteiger charge is -2.15. The van der Waals surface area contributed by atoms with E-state index in [9.17, 15) is 4.39 Å². The second kappa shape index (κ2) is 8.16. The molecule has 4 heteroatoms. The lowest BCUT2D eigenvalue weighted by Crippen LogP contribution is -2.05. The van der Waals surface area contributed by atoms with Gasteiger partial charge in [0.05, 0.1) is 11.6 Å². The van der Waals surface area contributed by atoms with Crippen LogP contribution in [-0.4, -0.2) is 13.7 Å². The van der Waals surface area contributed by atoms with E-state index in [1.165, 1.54) is 11.6 Å². The van der Waals surface area contributed by atoms with Crippen molar-refractivity contribution in [2.24, 2.45) is 0 Å². The molecular weight excluding hydrogens is 303 g/mol. The highest BCUT2D eigenvalue weighted by Gasteiger charge is 2.10. The van der Waals surface area contributed by atoms with Gasteiger partial charge in [-0.25, -0.2) is 4.39 Å². The van der Waals surface area contributed by atoms with Crippen LogP contribution in [-0.2, 0) is 11.3 Å². The van der Waals surface area contributed by atoms with Gasteiger partial charge in [-0.3, -0.25) is 0 Å². The Morgan fingerprint density at radius 1 is 1.14 bits per heavy atom. The average Bonchev–Trinajstić information content (AvgIpc) is 2.53. The van der Waals surface area contributed by atoms with Crippen LogP contribution in [0.4, 0.5) is 4.39 Å². The van der Waals surface area contributed by atoms with Crippen molar-refractivity contribution < 1.29 is 13.9 Å². The summed E-state index contributed by atoms with van der Waals surface area (Å²) in [6.45, 7) is 2.94. The molecule has 2 nitrogen and oxygen atoms in total. The van der Waals surface area contributed by atoms with E-state index < -0.39 is 0 Å². The Balaban J connectivity index is 2.02. The first-order valence-electron chi connectivity index (χ1n) is 7.30. The maximum absolute atomic E-state index is 13.7. The Hall–Kier alpha value is -1.58. The molecule has 0 heterocycles. The zero-order valence-corrected chi connectivity index (χ0v) is 13.6.